The van der Waals surface area contributed by atoms with Crippen molar-refractivity contribution in [3.8, 4) is 5.75 Å². The highest BCUT2D eigenvalue weighted by Gasteiger charge is 2.04. The van der Waals surface area contributed by atoms with E-state index in [1.807, 2.05) is 0 Å². The molecule has 5 nitrogen and oxygen atoms in total. The highest BCUT2D eigenvalue weighted by Crippen LogP contribution is 2.16. The molecular weight excluding hydrogens is 254 g/mol. The number of nitrogens with one attached hydrogen (secondary N) is 1. The molecule has 2 rings (SSSR count). The fourth-order valence-corrected chi connectivity index (χ4v) is 1.35. The first-order valence-corrected chi connectivity index (χ1v) is 5.70. The largest absolute Gasteiger partial charge is 0.485 e. The molecule has 18 heavy (non-hydrogen) atoms. The van der Waals surface area contributed by atoms with Gasteiger partial charge in [0.25, 0.3) is 5.89 Å². The number of hydrogen-bond donors (Lipinski definition) is 1. The van der Waals surface area contributed by atoms with Gasteiger partial charge < -0.3 is 14.6 Å². The van der Waals surface area contributed by atoms with E-state index in [2.05, 4.69) is 15.5 Å². The van der Waals surface area contributed by atoms with Crippen molar-refractivity contribution in [3.05, 3.63) is 47.2 Å². The van der Waals surface area contributed by atoms with Crippen LogP contribution in [0.3, 0.4) is 0 Å². The van der Waals surface area contributed by atoms with Crippen LogP contribution in [-0.4, -0.2) is 17.2 Å². The summed E-state index contributed by atoms with van der Waals surface area (Å²) in [7, 11) is 1.79. The minimum Gasteiger partial charge on any atom is -0.485 e. The van der Waals surface area contributed by atoms with Gasteiger partial charge in [0.05, 0.1) is 0 Å². The third kappa shape index (κ3) is 3.49. The van der Waals surface area contributed by atoms with Gasteiger partial charge in [0.2, 0.25) is 5.82 Å². The molecule has 2 aromatic rings. The van der Waals surface area contributed by atoms with E-state index in [0.29, 0.717) is 22.5 Å². The minimum atomic E-state index is 0.249. The van der Waals surface area contributed by atoms with E-state index in [0.717, 1.165) is 0 Å². The van der Waals surface area contributed by atoms with Crippen LogP contribution in [0.2, 0.25) is 5.02 Å². The Kier molecular flexibility index (Phi) is 4.20. The number of ether oxygens (including phenoxy) is 1. The summed E-state index contributed by atoms with van der Waals surface area (Å²) < 4.78 is 10.5. The molecule has 1 heterocycles. The lowest BCUT2D eigenvalue weighted by Gasteiger charge is -2.02. The van der Waals surface area contributed by atoms with Gasteiger partial charge in [-0.1, -0.05) is 16.8 Å². The predicted molar refractivity (Wildman–Crippen MR) is 68.2 cm³/mol. The van der Waals surface area contributed by atoms with E-state index >= 15 is 0 Å². The summed E-state index contributed by atoms with van der Waals surface area (Å²) in [6.07, 6.45) is 3.39. The summed E-state index contributed by atoms with van der Waals surface area (Å²) in [6, 6.07) is 7.08. The maximum absolute atomic E-state index is 5.77. The van der Waals surface area contributed by atoms with Crippen LogP contribution in [0.25, 0.3) is 6.08 Å². The molecule has 1 N–H and O–H groups in total. The number of benzene rings is 1. The van der Waals surface area contributed by atoms with Crippen LogP contribution < -0.4 is 10.1 Å². The van der Waals surface area contributed by atoms with Gasteiger partial charge >= 0.3 is 0 Å². The molecule has 0 aliphatic heterocycles. The third-order valence-corrected chi connectivity index (χ3v) is 2.31. The van der Waals surface area contributed by atoms with Crippen LogP contribution in [0.4, 0.5) is 0 Å². The van der Waals surface area contributed by atoms with E-state index in [-0.39, 0.29) is 6.61 Å². The Morgan fingerprint density at radius 3 is 2.89 bits per heavy atom. The zero-order chi connectivity index (χ0) is 12.8. The molecule has 0 bridgehead atoms. The molecule has 1 aromatic carbocycles. The summed E-state index contributed by atoms with van der Waals surface area (Å²) in [4.78, 5) is 4.12. The van der Waals surface area contributed by atoms with E-state index in [1.54, 1.807) is 43.6 Å². The van der Waals surface area contributed by atoms with Crippen LogP contribution in [0.1, 0.15) is 11.7 Å². The van der Waals surface area contributed by atoms with E-state index < -0.39 is 0 Å². The van der Waals surface area contributed by atoms with Gasteiger partial charge in [-0.05, 0) is 24.3 Å². The Morgan fingerprint density at radius 2 is 2.17 bits per heavy atom. The first-order chi connectivity index (χ1) is 8.78. The standard InChI is InChI=1S/C12H12ClN3O2/c1-14-7-6-12-15-11(16-18-12)8-17-10-4-2-9(13)3-5-10/h2-7,14H,8H2,1H3/b7-6+. The summed E-state index contributed by atoms with van der Waals surface area (Å²) in [5.74, 6) is 1.62. The Bertz CT molecular complexity index is 522. The molecule has 0 unspecified atom stereocenters. The molecule has 0 aliphatic carbocycles. The fourth-order valence-electron chi connectivity index (χ4n) is 1.23. The molecule has 0 fully saturated rings. The van der Waals surface area contributed by atoms with E-state index in [9.17, 15) is 0 Å². The first-order valence-electron chi connectivity index (χ1n) is 5.32. The van der Waals surface area contributed by atoms with Crippen molar-refractivity contribution in [2.24, 2.45) is 0 Å². The van der Waals surface area contributed by atoms with Gasteiger partial charge in [-0.3, -0.25) is 0 Å². The summed E-state index contributed by atoms with van der Waals surface area (Å²) in [5, 5.41) is 7.29. The maximum Gasteiger partial charge on any atom is 0.252 e. The molecule has 0 aliphatic rings. The molecule has 0 saturated heterocycles. The molecule has 1 aromatic heterocycles. The molecule has 0 spiro atoms. The Hall–Kier alpha value is -2.01. The molecule has 0 saturated carbocycles. The monoisotopic (exact) mass is 265 g/mol. The number of nitrogens with zero attached hydrogens (tertiary/aromatic N) is 2. The summed E-state index contributed by atoms with van der Waals surface area (Å²) in [6.45, 7) is 0.249. The molecule has 0 amide bonds. The lowest BCUT2D eigenvalue weighted by molar-refractivity contribution is 0.286. The molecule has 6 heteroatoms. The number of halogens is 1. The van der Waals surface area contributed by atoms with Crippen molar-refractivity contribution in [2.75, 3.05) is 7.05 Å². The number of rotatable bonds is 5. The first kappa shape index (κ1) is 12.4. The number of aromatic nitrogens is 2. The lowest BCUT2D eigenvalue weighted by atomic mass is 10.3. The highest BCUT2D eigenvalue weighted by molar-refractivity contribution is 6.30. The second-order valence-electron chi connectivity index (χ2n) is 3.41. The van der Waals surface area contributed by atoms with Crippen molar-refractivity contribution < 1.29 is 9.26 Å². The Balaban J connectivity index is 1.92. The summed E-state index contributed by atoms with van der Waals surface area (Å²) >= 11 is 5.77. The van der Waals surface area contributed by atoms with Crippen LogP contribution in [0, 0.1) is 0 Å². The Labute approximate surface area is 109 Å². The highest BCUT2D eigenvalue weighted by atomic mass is 35.5. The lowest BCUT2D eigenvalue weighted by Crippen LogP contribution is -1.97. The molecule has 0 atom stereocenters. The van der Waals surface area contributed by atoms with Crippen LogP contribution in [0.5, 0.6) is 5.75 Å². The van der Waals surface area contributed by atoms with E-state index in [1.165, 1.54) is 0 Å². The van der Waals surface area contributed by atoms with Gasteiger partial charge in [0, 0.05) is 24.3 Å². The van der Waals surface area contributed by atoms with Crippen molar-refractivity contribution >= 4 is 17.7 Å². The van der Waals surface area contributed by atoms with Crippen molar-refractivity contribution in [1.29, 1.82) is 0 Å². The SMILES string of the molecule is CN/C=C/c1nc(COc2ccc(Cl)cc2)no1. The predicted octanol–water partition coefficient (Wildman–Crippen LogP) is 2.49. The second kappa shape index (κ2) is 6.07. The second-order valence-corrected chi connectivity index (χ2v) is 3.85. The van der Waals surface area contributed by atoms with E-state index in [4.69, 9.17) is 20.9 Å². The maximum atomic E-state index is 5.77. The zero-order valence-electron chi connectivity index (χ0n) is 9.76. The molecule has 94 valence electrons. The van der Waals surface area contributed by atoms with Crippen LogP contribution >= 0.6 is 11.6 Å². The zero-order valence-corrected chi connectivity index (χ0v) is 10.5. The van der Waals surface area contributed by atoms with Gasteiger partial charge in [-0.25, -0.2) is 0 Å². The van der Waals surface area contributed by atoms with Crippen molar-refractivity contribution in [1.82, 2.24) is 15.5 Å². The van der Waals surface area contributed by atoms with Gasteiger partial charge in [0.15, 0.2) is 6.61 Å². The normalized spacial score (nSPS) is 10.8. The molecule has 0 radical (unpaired) electrons. The average Bonchev–Trinajstić information content (AvgIpc) is 2.84. The van der Waals surface area contributed by atoms with Gasteiger partial charge in [-0.15, -0.1) is 0 Å². The number of hydrogen-bond acceptors (Lipinski definition) is 5. The van der Waals surface area contributed by atoms with Gasteiger partial charge in [0.1, 0.15) is 5.75 Å². The van der Waals surface area contributed by atoms with Crippen molar-refractivity contribution in [2.45, 2.75) is 6.61 Å². The smallest absolute Gasteiger partial charge is 0.252 e. The summed E-state index contributed by atoms with van der Waals surface area (Å²) in [5.41, 5.74) is 0. The average molecular weight is 266 g/mol. The topological polar surface area (TPSA) is 60.2 Å². The van der Waals surface area contributed by atoms with Crippen LogP contribution in [-0.2, 0) is 6.61 Å². The fraction of sp³-hybridized carbons (Fsp3) is 0.167. The molecular formula is C12H12ClN3O2. The quantitative estimate of drug-likeness (QED) is 0.900. The third-order valence-electron chi connectivity index (χ3n) is 2.06. The Morgan fingerprint density at radius 1 is 1.39 bits per heavy atom. The van der Waals surface area contributed by atoms with Gasteiger partial charge in [-0.2, -0.15) is 4.98 Å². The van der Waals surface area contributed by atoms with Crippen molar-refractivity contribution in [3.63, 3.8) is 0 Å². The minimum absolute atomic E-state index is 0.249. The van der Waals surface area contributed by atoms with Crippen LogP contribution in [0.15, 0.2) is 35.0 Å².